The average Bonchev–Trinajstić information content (AvgIpc) is 2.52. The number of aliphatic hydroxyl groups is 1. The van der Waals surface area contributed by atoms with E-state index in [-0.39, 0.29) is 18.1 Å². The molecular weight excluding hydrogens is 290 g/mol. The molecule has 0 aliphatic carbocycles. The Balaban J connectivity index is 1.91. The van der Waals surface area contributed by atoms with Crippen molar-refractivity contribution in [2.45, 2.75) is 45.8 Å². The molecule has 2 rings (SSSR count). The quantitative estimate of drug-likeness (QED) is 0.849. The fourth-order valence-electron chi connectivity index (χ4n) is 2.84. The molecule has 0 bridgehead atoms. The van der Waals surface area contributed by atoms with Crippen LogP contribution in [0, 0.1) is 5.92 Å². The van der Waals surface area contributed by atoms with Crippen LogP contribution in [0.25, 0.3) is 6.08 Å². The Morgan fingerprint density at radius 2 is 2.00 bits per heavy atom. The van der Waals surface area contributed by atoms with Crippen molar-refractivity contribution in [2.24, 2.45) is 5.92 Å². The minimum absolute atomic E-state index is 0.0317. The van der Waals surface area contributed by atoms with E-state index in [4.69, 9.17) is 4.74 Å². The van der Waals surface area contributed by atoms with Crippen LogP contribution in [0.2, 0.25) is 0 Å². The van der Waals surface area contributed by atoms with Gasteiger partial charge in [0.25, 0.3) is 0 Å². The van der Waals surface area contributed by atoms with Gasteiger partial charge in [-0.2, -0.15) is 0 Å². The molecule has 1 atom stereocenters. The van der Waals surface area contributed by atoms with Crippen LogP contribution in [0.15, 0.2) is 30.3 Å². The van der Waals surface area contributed by atoms with Gasteiger partial charge in [0, 0.05) is 19.2 Å². The van der Waals surface area contributed by atoms with Crippen molar-refractivity contribution in [3.8, 4) is 5.75 Å². The van der Waals surface area contributed by atoms with Crippen LogP contribution < -0.4 is 4.74 Å². The topological polar surface area (TPSA) is 49.8 Å². The third-order valence-electron chi connectivity index (χ3n) is 4.18. The number of nitrogens with zero attached hydrogens (tertiary/aromatic N) is 1. The predicted octanol–water partition coefficient (Wildman–Crippen LogP) is 3.11. The van der Waals surface area contributed by atoms with Gasteiger partial charge in [0.1, 0.15) is 5.75 Å². The highest BCUT2D eigenvalue weighted by atomic mass is 16.5. The molecule has 1 saturated heterocycles. The Morgan fingerprint density at radius 1 is 1.30 bits per heavy atom. The summed E-state index contributed by atoms with van der Waals surface area (Å²) >= 11 is 0. The number of hydrogen-bond acceptors (Lipinski definition) is 3. The van der Waals surface area contributed by atoms with Crippen LogP contribution in [0.4, 0.5) is 0 Å². The third kappa shape index (κ3) is 5.39. The van der Waals surface area contributed by atoms with Gasteiger partial charge in [0.05, 0.1) is 12.2 Å². The van der Waals surface area contributed by atoms with Crippen LogP contribution in [-0.2, 0) is 4.79 Å². The molecule has 1 heterocycles. The maximum atomic E-state index is 12.3. The number of piperidine rings is 1. The second-order valence-corrected chi connectivity index (χ2v) is 6.48. The fraction of sp³-hybridized carbons (Fsp3) is 0.526. The highest BCUT2D eigenvalue weighted by Crippen LogP contribution is 2.21. The van der Waals surface area contributed by atoms with Crippen molar-refractivity contribution < 1.29 is 14.6 Å². The lowest BCUT2D eigenvalue weighted by molar-refractivity contribution is -0.127. The normalized spacial score (nSPS) is 17.7. The van der Waals surface area contributed by atoms with Gasteiger partial charge in [-0.15, -0.1) is 0 Å². The molecule has 0 aromatic heterocycles. The molecule has 1 unspecified atom stereocenters. The average molecular weight is 317 g/mol. The van der Waals surface area contributed by atoms with Crippen molar-refractivity contribution >= 4 is 12.0 Å². The number of aliphatic hydroxyl groups excluding tert-OH is 1. The summed E-state index contributed by atoms with van der Waals surface area (Å²) in [6.07, 6.45) is 5.04. The zero-order valence-corrected chi connectivity index (χ0v) is 14.2. The SMILES string of the molecule is CC(C)Oc1cccc(C=CC(=O)N2CCC(C(C)O)CC2)c1. The lowest BCUT2D eigenvalue weighted by atomic mass is 9.92. The third-order valence-corrected chi connectivity index (χ3v) is 4.18. The van der Waals surface area contributed by atoms with Crippen molar-refractivity contribution in [3.05, 3.63) is 35.9 Å². The number of rotatable bonds is 5. The van der Waals surface area contributed by atoms with E-state index < -0.39 is 0 Å². The van der Waals surface area contributed by atoms with Crippen molar-refractivity contribution in [1.82, 2.24) is 4.90 Å². The highest BCUT2D eigenvalue weighted by Gasteiger charge is 2.24. The maximum absolute atomic E-state index is 12.3. The molecule has 0 spiro atoms. The van der Waals surface area contributed by atoms with E-state index in [1.165, 1.54) is 0 Å². The molecule has 4 heteroatoms. The van der Waals surface area contributed by atoms with Gasteiger partial charge < -0.3 is 14.7 Å². The maximum Gasteiger partial charge on any atom is 0.246 e. The van der Waals surface area contributed by atoms with E-state index in [1.807, 2.05) is 56.0 Å². The second-order valence-electron chi connectivity index (χ2n) is 6.48. The highest BCUT2D eigenvalue weighted by molar-refractivity contribution is 5.91. The van der Waals surface area contributed by atoms with Crippen LogP contribution in [0.5, 0.6) is 5.75 Å². The minimum atomic E-state index is -0.286. The molecule has 1 fully saturated rings. The Hall–Kier alpha value is -1.81. The Bertz CT molecular complexity index is 543. The molecule has 4 nitrogen and oxygen atoms in total. The Kier molecular flexibility index (Phi) is 6.22. The summed E-state index contributed by atoms with van der Waals surface area (Å²) in [5, 5.41) is 9.61. The molecule has 0 saturated carbocycles. The van der Waals surface area contributed by atoms with E-state index in [0.29, 0.717) is 5.92 Å². The second kappa shape index (κ2) is 8.16. The zero-order valence-electron chi connectivity index (χ0n) is 14.2. The van der Waals surface area contributed by atoms with Crippen molar-refractivity contribution in [2.75, 3.05) is 13.1 Å². The van der Waals surface area contributed by atoms with Crippen molar-refractivity contribution in [3.63, 3.8) is 0 Å². The summed E-state index contributed by atoms with van der Waals surface area (Å²) < 4.78 is 5.66. The molecule has 1 N–H and O–H groups in total. The molecule has 126 valence electrons. The molecule has 0 radical (unpaired) electrons. The number of benzene rings is 1. The summed E-state index contributed by atoms with van der Waals surface area (Å²) in [6, 6.07) is 7.73. The van der Waals surface area contributed by atoms with E-state index in [1.54, 1.807) is 6.08 Å². The first-order valence-corrected chi connectivity index (χ1v) is 8.37. The van der Waals surface area contributed by atoms with Crippen LogP contribution in [0.1, 0.15) is 39.2 Å². The molecular formula is C19H27NO3. The fourth-order valence-corrected chi connectivity index (χ4v) is 2.84. The van der Waals surface area contributed by atoms with Gasteiger partial charge in [0.15, 0.2) is 0 Å². The molecule has 23 heavy (non-hydrogen) atoms. The van der Waals surface area contributed by atoms with Crippen LogP contribution in [0.3, 0.4) is 0 Å². The molecule has 1 aromatic rings. The molecule has 1 aromatic carbocycles. The first-order valence-electron chi connectivity index (χ1n) is 8.37. The van der Waals surface area contributed by atoms with E-state index in [0.717, 1.165) is 37.2 Å². The van der Waals surface area contributed by atoms with Crippen LogP contribution >= 0.6 is 0 Å². The first kappa shape index (κ1) is 17.5. The van der Waals surface area contributed by atoms with E-state index in [9.17, 15) is 9.90 Å². The van der Waals surface area contributed by atoms with Gasteiger partial charge >= 0.3 is 0 Å². The van der Waals surface area contributed by atoms with E-state index in [2.05, 4.69) is 0 Å². The molecule has 1 aliphatic heterocycles. The zero-order chi connectivity index (χ0) is 16.8. The predicted molar refractivity (Wildman–Crippen MR) is 92.2 cm³/mol. The van der Waals surface area contributed by atoms with Crippen LogP contribution in [-0.4, -0.2) is 41.2 Å². The monoisotopic (exact) mass is 317 g/mol. The lowest BCUT2D eigenvalue weighted by Crippen LogP contribution is -2.39. The molecule has 1 aliphatic rings. The smallest absolute Gasteiger partial charge is 0.246 e. The lowest BCUT2D eigenvalue weighted by Gasteiger charge is -2.32. The summed E-state index contributed by atoms with van der Waals surface area (Å²) in [4.78, 5) is 14.1. The van der Waals surface area contributed by atoms with Gasteiger partial charge in [-0.3, -0.25) is 4.79 Å². The number of likely N-dealkylation sites (tertiary alicyclic amines) is 1. The number of hydrogen-bond donors (Lipinski definition) is 1. The summed E-state index contributed by atoms with van der Waals surface area (Å²) in [5.41, 5.74) is 0.954. The van der Waals surface area contributed by atoms with Gasteiger partial charge in [-0.25, -0.2) is 0 Å². The first-order chi connectivity index (χ1) is 11.0. The molecule has 1 amide bonds. The number of carbonyl (C=O) groups is 1. The number of carbonyl (C=O) groups excluding carboxylic acids is 1. The van der Waals surface area contributed by atoms with Gasteiger partial charge in [-0.05, 0) is 63.3 Å². The Morgan fingerprint density at radius 3 is 2.61 bits per heavy atom. The number of amides is 1. The van der Waals surface area contributed by atoms with Gasteiger partial charge in [0.2, 0.25) is 5.91 Å². The van der Waals surface area contributed by atoms with Crippen molar-refractivity contribution in [1.29, 1.82) is 0 Å². The van der Waals surface area contributed by atoms with Gasteiger partial charge in [-0.1, -0.05) is 12.1 Å². The Labute approximate surface area is 138 Å². The van der Waals surface area contributed by atoms with E-state index >= 15 is 0 Å². The largest absolute Gasteiger partial charge is 0.491 e. The number of ether oxygens (including phenoxy) is 1. The standard InChI is InChI=1S/C19H27NO3/c1-14(2)23-18-6-4-5-16(13-18)7-8-19(22)20-11-9-17(10-12-20)15(3)21/h4-8,13-15,17,21H,9-12H2,1-3H3. The minimum Gasteiger partial charge on any atom is -0.491 e. The summed E-state index contributed by atoms with van der Waals surface area (Å²) in [6.45, 7) is 7.24. The summed E-state index contributed by atoms with van der Waals surface area (Å²) in [5.74, 6) is 1.16. The summed E-state index contributed by atoms with van der Waals surface area (Å²) in [7, 11) is 0.